The number of amides is 4. The zero-order valence-corrected chi connectivity index (χ0v) is 17.6. The first-order valence-electron chi connectivity index (χ1n) is 11.3. The third-order valence-corrected chi connectivity index (χ3v) is 7.34. The standard InChI is InChI=1S/C23H28N4O4/c28-18-7-6-17(20(29)25-18)27-21(30)16-5-3-4-15(19(16)22(27)31)14-26-12-9-23(10-13-26)8-1-2-11-24-23/h3-5,17,24H,1-2,6-14H2,(H,25,28,29). The fraction of sp³-hybridized carbons (Fsp3) is 0.565. The zero-order valence-electron chi connectivity index (χ0n) is 17.6. The van der Waals surface area contributed by atoms with Gasteiger partial charge in [0.1, 0.15) is 6.04 Å². The SMILES string of the molecule is O=C1CCC(N2C(=O)c3cccc(CN4CCC5(CCCCN5)CC4)c3C2=O)C(=O)N1. The Hall–Kier alpha value is -2.58. The first kappa shape index (κ1) is 20.3. The number of carbonyl (C=O) groups excluding carboxylic acids is 4. The third-order valence-electron chi connectivity index (χ3n) is 7.34. The molecular weight excluding hydrogens is 396 g/mol. The van der Waals surface area contributed by atoms with Gasteiger partial charge in [-0.2, -0.15) is 0 Å². The molecule has 4 aliphatic heterocycles. The van der Waals surface area contributed by atoms with Crippen LogP contribution in [0.25, 0.3) is 0 Å². The Morgan fingerprint density at radius 3 is 2.52 bits per heavy atom. The van der Waals surface area contributed by atoms with Crippen LogP contribution in [0.5, 0.6) is 0 Å². The molecule has 1 aromatic rings. The van der Waals surface area contributed by atoms with Crippen LogP contribution in [0.3, 0.4) is 0 Å². The predicted molar refractivity (Wildman–Crippen MR) is 112 cm³/mol. The summed E-state index contributed by atoms with van der Waals surface area (Å²) in [6, 6.07) is 4.44. The zero-order chi connectivity index (χ0) is 21.6. The van der Waals surface area contributed by atoms with Crippen LogP contribution in [0.4, 0.5) is 0 Å². The van der Waals surface area contributed by atoms with Gasteiger partial charge in [-0.3, -0.25) is 34.3 Å². The van der Waals surface area contributed by atoms with E-state index in [1.54, 1.807) is 12.1 Å². The normalized spacial score (nSPS) is 26.3. The van der Waals surface area contributed by atoms with Gasteiger partial charge < -0.3 is 5.32 Å². The number of hydrogen-bond acceptors (Lipinski definition) is 6. The van der Waals surface area contributed by atoms with Crippen LogP contribution in [0, 0.1) is 0 Å². The molecule has 1 spiro atoms. The van der Waals surface area contributed by atoms with E-state index in [4.69, 9.17) is 0 Å². The first-order valence-corrected chi connectivity index (χ1v) is 11.3. The van der Waals surface area contributed by atoms with Crippen molar-refractivity contribution >= 4 is 23.6 Å². The van der Waals surface area contributed by atoms with Crippen LogP contribution in [-0.4, -0.2) is 64.6 Å². The summed E-state index contributed by atoms with van der Waals surface area (Å²) in [4.78, 5) is 53.4. The van der Waals surface area contributed by atoms with E-state index < -0.39 is 23.8 Å². The van der Waals surface area contributed by atoms with E-state index in [0.717, 1.165) is 42.9 Å². The molecule has 0 aromatic heterocycles. The summed E-state index contributed by atoms with van der Waals surface area (Å²) >= 11 is 0. The van der Waals surface area contributed by atoms with Crippen molar-refractivity contribution in [1.82, 2.24) is 20.4 Å². The molecule has 0 bridgehead atoms. The van der Waals surface area contributed by atoms with Gasteiger partial charge in [0.25, 0.3) is 11.8 Å². The van der Waals surface area contributed by atoms with E-state index in [1.165, 1.54) is 19.3 Å². The van der Waals surface area contributed by atoms with Gasteiger partial charge in [-0.15, -0.1) is 0 Å². The minimum atomic E-state index is -0.926. The van der Waals surface area contributed by atoms with Crippen molar-refractivity contribution in [2.75, 3.05) is 19.6 Å². The topological polar surface area (TPSA) is 98.8 Å². The van der Waals surface area contributed by atoms with Crippen LogP contribution >= 0.6 is 0 Å². The van der Waals surface area contributed by atoms with Gasteiger partial charge >= 0.3 is 0 Å². The van der Waals surface area contributed by atoms with Crippen molar-refractivity contribution in [2.45, 2.75) is 63.1 Å². The molecule has 4 amide bonds. The molecule has 3 fully saturated rings. The highest BCUT2D eigenvalue weighted by Gasteiger charge is 2.45. The van der Waals surface area contributed by atoms with Gasteiger partial charge in [0.15, 0.2) is 0 Å². The number of carbonyl (C=O) groups is 4. The van der Waals surface area contributed by atoms with Crippen LogP contribution in [0.15, 0.2) is 18.2 Å². The molecule has 3 saturated heterocycles. The Kier molecular flexibility index (Phi) is 5.14. The maximum absolute atomic E-state index is 13.2. The van der Waals surface area contributed by atoms with Crippen molar-refractivity contribution in [3.63, 3.8) is 0 Å². The van der Waals surface area contributed by atoms with Crippen molar-refractivity contribution < 1.29 is 19.2 Å². The number of nitrogens with zero attached hydrogens (tertiary/aromatic N) is 2. The lowest BCUT2D eigenvalue weighted by Gasteiger charge is -2.45. The Balaban J connectivity index is 1.33. The van der Waals surface area contributed by atoms with E-state index in [2.05, 4.69) is 15.5 Å². The molecule has 31 heavy (non-hydrogen) atoms. The predicted octanol–water partition coefficient (Wildman–Crippen LogP) is 1.20. The molecule has 4 aliphatic rings. The molecule has 2 N–H and O–H groups in total. The lowest BCUT2D eigenvalue weighted by atomic mass is 9.80. The smallest absolute Gasteiger partial charge is 0.262 e. The summed E-state index contributed by atoms with van der Waals surface area (Å²) < 4.78 is 0. The molecular formula is C23H28N4O4. The number of nitrogens with one attached hydrogen (secondary N) is 2. The van der Waals surface area contributed by atoms with Crippen molar-refractivity contribution in [1.29, 1.82) is 0 Å². The number of benzene rings is 1. The van der Waals surface area contributed by atoms with Crippen LogP contribution < -0.4 is 10.6 Å². The van der Waals surface area contributed by atoms with Gasteiger partial charge in [0.2, 0.25) is 11.8 Å². The number of piperidine rings is 3. The Labute approximate surface area is 181 Å². The second-order valence-electron chi connectivity index (χ2n) is 9.23. The molecule has 164 valence electrons. The van der Waals surface area contributed by atoms with Gasteiger partial charge in [-0.25, -0.2) is 0 Å². The molecule has 1 aromatic carbocycles. The number of rotatable bonds is 3. The van der Waals surface area contributed by atoms with Gasteiger partial charge in [-0.05, 0) is 50.3 Å². The van der Waals surface area contributed by atoms with Gasteiger partial charge in [0.05, 0.1) is 11.1 Å². The summed E-state index contributed by atoms with van der Waals surface area (Å²) in [5, 5.41) is 5.97. The molecule has 4 heterocycles. The Morgan fingerprint density at radius 1 is 1.00 bits per heavy atom. The molecule has 8 heteroatoms. The second-order valence-corrected chi connectivity index (χ2v) is 9.23. The molecule has 8 nitrogen and oxygen atoms in total. The fourth-order valence-electron chi connectivity index (χ4n) is 5.55. The Morgan fingerprint density at radius 2 is 1.81 bits per heavy atom. The van der Waals surface area contributed by atoms with E-state index >= 15 is 0 Å². The largest absolute Gasteiger partial charge is 0.311 e. The summed E-state index contributed by atoms with van der Waals surface area (Å²) in [7, 11) is 0. The second kappa shape index (κ2) is 7.84. The average molecular weight is 425 g/mol. The van der Waals surface area contributed by atoms with Crippen molar-refractivity contribution in [3.05, 3.63) is 34.9 Å². The van der Waals surface area contributed by atoms with Gasteiger partial charge in [0, 0.05) is 31.6 Å². The number of fused-ring (bicyclic) bond motifs is 1. The molecule has 0 saturated carbocycles. The van der Waals surface area contributed by atoms with E-state index in [0.29, 0.717) is 17.7 Å². The van der Waals surface area contributed by atoms with E-state index in [-0.39, 0.29) is 24.3 Å². The number of likely N-dealkylation sites (tertiary alicyclic amines) is 1. The lowest BCUT2D eigenvalue weighted by molar-refractivity contribution is -0.136. The van der Waals surface area contributed by atoms with Crippen molar-refractivity contribution in [3.8, 4) is 0 Å². The highest BCUT2D eigenvalue weighted by Crippen LogP contribution is 2.33. The summed E-state index contributed by atoms with van der Waals surface area (Å²) in [6.45, 7) is 3.62. The third kappa shape index (κ3) is 3.57. The maximum atomic E-state index is 13.2. The maximum Gasteiger partial charge on any atom is 0.262 e. The average Bonchev–Trinajstić information content (AvgIpc) is 3.02. The fourth-order valence-corrected chi connectivity index (χ4v) is 5.55. The minimum Gasteiger partial charge on any atom is -0.311 e. The van der Waals surface area contributed by atoms with Crippen LogP contribution in [0.1, 0.15) is 71.2 Å². The highest BCUT2D eigenvalue weighted by atomic mass is 16.2. The lowest BCUT2D eigenvalue weighted by Crippen LogP contribution is -2.55. The van der Waals surface area contributed by atoms with Crippen LogP contribution in [-0.2, 0) is 16.1 Å². The minimum absolute atomic E-state index is 0.125. The molecule has 1 unspecified atom stereocenters. The molecule has 1 atom stereocenters. The van der Waals surface area contributed by atoms with Gasteiger partial charge in [-0.1, -0.05) is 18.6 Å². The molecule has 0 aliphatic carbocycles. The van der Waals surface area contributed by atoms with Crippen molar-refractivity contribution in [2.24, 2.45) is 0 Å². The summed E-state index contributed by atoms with van der Waals surface area (Å²) in [5.74, 6) is -1.81. The summed E-state index contributed by atoms with van der Waals surface area (Å²) in [6.07, 6.45) is 6.25. The molecule has 5 rings (SSSR count). The quantitative estimate of drug-likeness (QED) is 0.708. The highest BCUT2D eigenvalue weighted by molar-refractivity contribution is 6.24. The molecule has 0 radical (unpaired) electrons. The first-order chi connectivity index (χ1) is 15.0. The number of hydrogen-bond donors (Lipinski definition) is 2. The summed E-state index contributed by atoms with van der Waals surface area (Å²) in [5.41, 5.74) is 1.86. The van der Waals surface area contributed by atoms with E-state index in [1.807, 2.05) is 6.07 Å². The Bertz CT molecular complexity index is 943. The van der Waals surface area contributed by atoms with Crippen LogP contribution in [0.2, 0.25) is 0 Å². The number of imide groups is 2. The monoisotopic (exact) mass is 424 g/mol. The van der Waals surface area contributed by atoms with E-state index in [9.17, 15) is 19.2 Å².